The Morgan fingerprint density at radius 1 is 1.19 bits per heavy atom. The number of rotatable bonds is 6. The summed E-state index contributed by atoms with van der Waals surface area (Å²) in [5, 5.41) is 8.93. The third-order valence-electron chi connectivity index (χ3n) is 5.72. The number of piperidine rings is 1. The fourth-order valence-electron chi connectivity index (χ4n) is 4.00. The van der Waals surface area contributed by atoms with Gasteiger partial charge in [-0.1, -0.05) is 34.8 Å². The Hall–Kier alpha value is -3.00. The highest BCUT2D eigenvalue weighted by molar-refractivity contribution is 7.07. The van der Waals surface area contributed by atoms with Crippen LogP contribution in [0.25, 0.3) is 10.8 Å². The van der Waals surface area contributed by atoms with Crippen LogP contribution in [0, 0.1) is 12.8 Å². The molecule has 0 unspecified atom stereocenters. The van der Waals surface area contributed by atoms with Gasteiger partial charge < -0.3 is 15.0 Å². The summed E-state index contributed by atoms with van der Waals surface area (Å²) in [6, 6.07) is 11.7. The molecule has 4 rings (SSSR count). The molecule has 1 N–H and O–H groups in total. The van der Waals surface area contributed by atoms with Crippen molar-refractivity contribution in [3.05, 3.63) is 52.5 Å². The van der Waals surface area contributed by atoms with E-state index in [1.807, 2.05) is 55.1 Å². The van der Waals surface area contributed by atoms with Crippen LogP contribution in [-0.4, -0.2) is 52.5 Å². The van der Waals surface area contributed by atoms with Gasteiger partial charge in [0.1, 0.15) is 10.6 Å². The summed E-state index contributed by atoms with van der Waals surface area (Å²) >= 11 is 1.15. The second-order valence-electron chi connectivity index (χ2n) is 7.73. The van der Waals surface area contributed by atoms with Crippen molar-refractivity contribution in [1.29, 1.82) is 0 Å². The molecule has 1 aliphatic heterocycles. The van der Waals surface area contributed by atoms with Crippen molar-refractivity contribution in [2.24, 2.45) is 5.92 Å². The van der Waals surface area contributed by atoms with Gasteiger partial charge in [-0.25, -0.2) is 0 Å². The summed E-state index contributed by atoms with van der Waals surface area (Å²) in [6.07, 6.45) is 1.70. The van der Waals surface area contributed by atoms with E-state index in [4.69, 9.17) is 4.74 Å². The van der Waals surface area contributed by atoms with Gasteiger partial charge in [0.2, 0.25) is 0 Å². The Morgan fingerprint density at radius 3 is 2.68 bits per heavy atom. The number of benzene rings is 2. The molecule has 1 aromatic heterocycles. The number of carbonyl (C=O) groups excluding carboxylic acids is 2. The molecular weight excluding hydrogens is 412 g/mol. The number of fused-ring (bicyclic) bond motifs is 1. The lowest BCUT2D eigenvalue weighted by Crippen LogP contribution is -2.41. The number of aromatic nitrogens is 2. The molecule has 2 amide bonds. The summed E-state index contributed by atoms with van der Waals surface area (Å²) < 4.78 is 9.59. The first-order chi connectivity index (χ1) is 15.1. The molecule has 0 aliphatic carbocycles. The second kappa shape index (κ2) is 9.43. The third-order valence-corrected chi connectivity index (χ3v) is 6.53. The van der Waals surface area contributed by atoms with E-state index < -0.39 is 0 Å². The van der Waals surface area contributed by atoms with Crippen LogP contribution >= 0.6 is 11.5 Å². The average Bonchev–Trinajstić information content (AvgIpc) is 3.23. The molecule has 3 aromatic rings. The third kappa shape index (κ3) is 4.54. The van der Waals surface area contributed by atoms with Crippen LogP contribution in [0.4, 0.5) is 0 Å². The van der Waals surface area contributed by atoms with Gasteiger partial charge in [-0.05, 0) is 61.0 Å². The summed E-state index contributed by atoms with van der Waals surface area (Å²) in [6.45, 7) is 6.15. The predicted octanol–water partition coefficient (Wildman–Crippen LogP) is 3.68. The number of hydrogen-bond donors (Lipinski definition) is 1. The number of likely N-dealkylation sites (tertiary alicyclic amines) is 1. The average molecular weight is 439 g/mol. The largest absolute Gasteiger partial charge is 0.493 e. The molecule has 2 heterocycles. The monoisotopic (exact) mass is 438 g/mol. The smallest absolute Gasteiger partial charge is 0.267 e. The molecule has 0 atom stereocenters. The number of nitrogens with one attached hydrogen (secondary N) is 1. The van der Waals surface area contributed by atoms with Crippen molar-refractivity contribution in [3.63, 3.8) is 0 Å². The second-order valence-corrected chi connectivity index (χ2v) is 8.48. The van der Waals surface area contributed by atoms with E-state index in [1.165, 1.54) is 0 Å². The van der Waals surface area contributed by atoms with Crippen molar-refractivity contribution in [2.45, 2.75) is 26.7 Å². The van der Waals surface area contributed by atoms with Gasteiger partial charge in [0.25, 0.3) is 11.8 Å². The maximum Gasteiger partial charge on any atom is 0.267 e. The van der Waals surface area contributed by atoms with Gasteiger partial charge >= 0.3 is 0 Å². The predicted molar refractivity (Wildman–Crippen MR) is 121 cm³/mol. The van der Waals surface area contributed by atoms with E-state index in [1.54, 1.807) is 0 Å². The molecule has 0 radical (unpaired) electrons. The SMILES string of the molecule is CCOc1ccc2ccccc2c1C(=O)NCC1CCN(C(=O)c2snnc2C)CC1. The Morgan fingerprint density at radius 2 is 1.97 bits per heavy atom. The van der Waals surface area contributed by atoms with Gasteiger partial charge in [-0.15, -0.1) is 5.10 Å². The number of carbonyl (C=O) groups is 2. The molecule has 8 heteroatoms. The molecule has 162 valence electrons. The van der Waals surface area contributed by atoms with Crippen molar-refractivity contribution in [2.75, 3.05) is 26.2 Å². The molecule has 0 saturated carbocycles. The summed E-state index contributed by atoms with van der Waals surface area (Å²) in [5.74, 6) is 0.823. The summed E-state index contributed by atoms with van der Waals surface area (Å²) in [7, 11) is 0. The zero-order valence-corrected chi connectivity index (χ0v) is 18.6. The van der Waals surface area contributed by atoms with Crippen LogP contribution in [0.1, 0.15) is 45.5 Å². The molecule has 1 saturated heterocycles. The first kappa shape index (κ1) is 21.2. The number of ether oxygens (including phenoxy) is 1. The Labute approximate surface area is 185 Å². The van der Waals surface area contributed by atoms with Gasteiger partial charge in [0.15, 0.2) is 0 Å². The van der Waals surface area contributed by atoms with E-state index >= 15 is 0 Å². The van der Waals surface area contributed by atoms with Crippen molar-refractivity contribution in [1.82, 2.24) is 19.8 Å². The molecule has 1 aliphatic rings. The van der Waals surface area contributed by atoms with Gasteiger partial charge in [0, 0.05) is 19.6 Å². The minimum absolute atomic E-state index is 0.00657. The lowest BCUT2D eigenvalue weighted by molar-refractivity contribution is 0.0688. The summed E-state index contributed by atoms with van der Waals surface area (Å²) in [4.78, 5) is 28.2. The highest BCUT2D eigenvalue weighted by atomic mass is 32.1. The highest BCUT2D eigenvalue weighted by Gasteiger charge is 2.27. The Kier molecular flexibility index (Phi) is 6.46. The van der Waals surface area contributed by atoms with Crippen molar-refractivity contribution in [3.8, 4) is 5.75 Å². The molecule has 2 aromatic carbocycles. The van der Waals surface area contributed by atoms with Gasteiger partial charge in [-0.2, -0.15) is 0 Å². The van der Waals surface area contributed by atoms with Crippen molar-refractivity contribution < 1.29 is 14.3 Å². The Bertz CT molecular complexity index is 1090. The van der Waals surface area contributed by atoms with Gasteiger partial charge in [-0.3, -0.25) is 9.59 Å². The zero-order valence-electron chi connectivity index (χ0n) is 17.8. The van der Waals surface area contributed by atoms with Gasteiger partial charge in [0.05, 0.1) is 17.9 Å². The van der Waals surface area contributed by atoms with E-state index in [2.05, 4.69) is 14.9 Å². The van der Waals surface area contributed by atoms with E-state index in [-0.39, 0.29) is 11.8 Å². The highest BCUT2D eigenvalue weighted by Crippen LogP contribution is 2.28. The first-order valence-electron chi connectivity index (χ1n) is 10.6. The van der Waals surface area contributed by atoms with Crippen LogP contribution in [0.3, 0.4) is 0 Å². The molecule has 31 heavy (non-hydrogen) atoms. The van der Waals surface area contributed by atoms with Crippen LogP contribution in [0.15, 0.2) is 36.4 Å². The molecule has 1 fully saturated rings. The first-order valence-corrected chi connectivity index (χ1v) is 11.4. The number of aryl methyl sites for hydroxylation is 1. The lowest BCUT2D eigenvalue weighted by atomic mass is 9.96. The van der Waals surface area contributed by atoms with E-state index in [0.717, 1.165) is 35.1 Å². The minimum Gasteiger partial charge on any atom is -0.493 e. The van der Waals surface area contributed by atoms with Crippen molar-refractivity contribution >= 4 is 34.1 Å². The van der Waals surface area contributed by atoms with Crippen LogP contribution in [0.5, 0.6) is 5.75 Å². The molecule has 0 bridgehead atoms. The standard InChI is InChI=1S/C23H26N4O3S/c1-3-30-19-9-8-17-6-4-5-7-18(17)20(19)22(28)24-14-16-10-12-27(13-11-16)23(29)21-15(2)25-26-31-21/h4-9,16H,3,10-14H2,1-2H3,(H,24,28). The quantitative estimate of drug-likeness (QED) is 0.635. The van der Waals surface area contributed by atoms with Crippen LogP contribution in [0.2, 0.25) is 0 Å². The summed E-state index contributed by atoms with van der Waals surface area (Å²) in [5.41, 5.74) is 1.27. The fourth-order valence-corrected chi connectivity index (χ4v) is 4.62. The number of amides is 2. The zero-order chi connectivity index (χ0) is 21.8. The number of hydrogen-bond acceptors (Lipinski definition) is 6. The van der Waals surface area contributed by atoms with E-state index in [0.29, 0.717) is 54.0 Å². The fraction of sp³-hybridized carbons (Fsp3) is 0.391. The van der Waals surface area contributed by atoms with E-state index in [9.17, 15) is 9.59 Å². The maximum atomic E-state index is 13.1. The normalized spacial score (nSPS) is 14.6. The van der Waals surface area contributed by atoms with Crippen LogP contribution < -0.4 is 10.1 Å². The number of nitrogens with zero attached hydrogens (tertiary/aromatic N) is 3. The minimum atomic E-state index is -0.120. The van der Waals surface area contributed by atoms with Crippen LogP contribution in [-0.2, 0) is 0 Å². The Balaban J connectivity index is 1.38. The molecule has 0 spiro atoms. The molecule has 7 nitrogen and oxygen atoms in total. The maximum absolute atomic E-state index is 13.1. The molecular formula is C23H26N4O3S. The topological polar surface area (TPSA) is 84.4 Å². The lowest BCUT2D eigenvalue weighted by Gasteiger charge is -2.31.